The number of amides is 4. The molecular weight excluding hydrogens is 528 g/mol. The van der Waals surface area contributed by atoms with Crippen molar-refractivity contribution in [3.05, 3.63) is 12.7 Å². The predicted octanol–water partition coefficient (Wildman–Crippen LogP) is 1.34. The molecule has 3 saturated carbocycles. The number of nitrogens with one attached hydrogen (secondary N) is 4. The van der Waals surface area contributed by atoms with E-state index in [9.17, 15) is 29.1 Å². The lowest BCUT2D eigenvalue weighted by molar-refractivity contribution is -0.150. The lowest BCUT2D eigenvalue weighted by atomic mass is 9.82. The van der Waals surface area contributed by atoms with Gasteiger partial charge in [0.05, 0.1) is 24.5 Å². The highest BCUT2D eigenvalue weighted by Crippen LogP contribution is 2.46. The molecule has 230 valence electrons. The first-order chi connectivity index (χ1) is 19.3. The average Bonchev–Trinajstić information content (AvgIpc) is 3.51. The van der Waals surface area contributed by atoms with E-state index >= 15 is 0 Å². The van der Waals surface area contributed by atoms with Gasteiger partial charge < -0.3 is 31.1 Å². The van der Waals surface area contributed by atoms with Crippen LogP contribution in [0.25, 0.3) is 0 Å². The Bertz CT molecular complexity index is 1020. The zero-order chi connectivity index (χ0) is 30.5. The fraction of sp³-hybridized carbons (Fsp3) is 0.767. The number of ether oxygens (including phenoxy) is 1. The van der Waals surface area contributed by atoms with Gasteiger partial charge in [-0.05, 0) is 50.4 Å². The smallest absolute Gasteiger partial charge is 0.332 e. The molecule has 0 radical (unpaired) electrons. The maximum Gasteiger partial charge on any atom is 0.332 e. The quantitative estimate of drug-likeness (QED) is 0.183. The standard InChI is InChI=1S/C30H48N4O7/c1-7-18-16-30(18,28(40)41-8-2)34-25(37)21-15-19(35)14-20(21)24(36)33-23(29(3,4)5)27(39)32-22(26(38)31-6)17-12-10-9-11-13-17/h7,17-23,35H,1,8-16H2,2-6H3,(H,31,38)(H,32,39)(H,33,36)(H,34,37)/t18?,19-,20-,21-,22+,23-,30-/m1/s1. The number of aliphatic hydroxyl groups excluding tert-OH is 1. The summed E-state index contributed by atoms with van der Waals surface area (Å²) in [6, 6.07) is -1.71. The summed E-state index contributed by atoms with van der Waals surface area (Å²) in [4.78, 5) is 66.0. The van der Waals surface area contributed by atoms with Crippen LogP contribution in [0.1, 0.15) is 79.1 Å². The first-order valence-corrected chi connectivity index (χ1v) is 14.9. The van der Waals surface area contributed by atoms with Gasteiger partial charge in [-0.2, -0.15) is 0 Å². The van der Waals surface area contributed by atoms with Crippen LogP contribution in [0.5, 0.6) is 0 Å². The van der Waals surface area contributed by atoms with Crippen molar-refractivity contribution < 1.29 is 33.8 Å². The molecule has 0 heterocycles. The van der Waals surface area contributed by atoms with Crippen molar-refractivity contribution in [1.82, 2.24) is 21.3 Å². The zero-order valence-electron chi connectivity index (χ0n) is 25.1. The largest absolute Gasteiger partial charge is 0.464 e. The second kappa shape index (κ2) is 13.4. The SMILES string of the molecule is C=CC1C[C@]1(NC(=O)[C@@H]1C[C@H](O)C[C@H]1C(=O)N[C@H](C(=O)N[C@H](C(=O)NC)C1CCCCC1)C(C)(C)C)C(=O)OCC. The number of carbonyl (C=O) groups excluding carboxylic acids is 5. The number of aliphatic hydroxyl groups is 1. The number of hydrogen-bond donors (Lipinski definition) is 5. The molecule has 5 N–H and O–H groups in total. The van der Waals surface area contributed by atoms with E-state index in [-0.39, 0.29) is 37.2 Å². The third kappa shape index (κ3) is 7.47. The van der Waals surface area contributed by atoms with Gasteiger partial charge >= 0.3 is 5.97 Å². The molecule has 7 atom stereocenters. The lowest BCUT2D eigenvalue weighted by Gasteiger charge is -2.35. The van der Waals surface area contributed by atoms with Crippen LogP contribution in [-0.4, -0.2) is 72.1 Å². The second-order valence-corrected chi connectivity index (χ2v) is 12.9. The Morgan fingerprint density at radius 1 is 1.00 bits per heavy atom. The highest BCUT2D eigenvalue weighted by atomic mass is 16.5. The van der Waals surface area contributed by atoms with Crippen LogP contribution in [0.4, 0.5) is 0 Å². The molecule has 0 bridgehead atoms. The van der Waals surface area contributed by atoms with Gasteiger partial charge in [-0.15, -0.1) is 6.58 Å². The van der Waals surface area contributed by atoms with Crippen LogP contribution >= 0.6 is 0 Å². The molecule has 0 aromatic carbocycles. The molecule has 4 amide bonds. The Kier molecular flexibility index (Phi) is 10.6. The van der Waals surface area contributed by atoms with Crippen molar-refractivity contribution in [1.29, 1.82) is 0 Å². The molecule has 0 aromatic heterocycles. The van der Waals surface area contributed by atoms with E-state index in [1.165, 1.54) is 7.05 Å². The van der Waals surface area contributed by atoms with E-state index in [0.717, 1.165) is 32.1 Å². The Hall–Kier alpha value is -2.95. The van der Waals surface area contributed by atoms with Crippen LogP contribution in [-0.2, 0) is 28.7 Å². The molecule has 11 nitrogen and oxygen atoms in total. The normalized spacial score (nSPS) is 29.4. The number of carbonyl (C=O) groups is 5. The summed E-state index contributed by atoms with van der Waals surface area (Å²) in [6.07, 6.45) is 5.91. The first kappa shape index (κ1) is 32.6. The van der Waals surface area contributed by atoms with Gasteiger partial charge in [0, 0.05) is 13.0 Å². The van der Waals surface area contributed by atoms with Gasteiger partial charge in [-0.25, -0.2) is 4.79 Å². The van der Waals surface area contributed by atoms with Crippen molar-refractivity contribution in [2.75, 3.05) is 13.7 Å². The highest BCUT2D eigenvalue weighted by molar-refractivity contribution is 5.96. The molecular formula is C30H48N4O7. The predicted molar refractivity (Wildman–Crippen MR) is 152 cm³/mol. The summed E-state index contributed by atoms with van der Waals surface area (Å²) in [5.74, 6) is -4.43. The number of esters is 1. The van der Waals surface area contributed by atoms with Crippen LogP contribution in [0.2, 0.25) is 0 Å². The van der Waals surface area contributed by atoms with E-state index in [0.29, 0.717) is 6.42 Å². The summed E-state index contributed by atoms with van der Waals surface area (Å²) in [5.41, 5.74) is -1.93. The topological polar surface area (TPSA) is 163 Å². The Labute approximate surface area is 243 Å². The molecule has 0 saturated heterocycles. The molecule has 41 heavy (non-hydrogen) atoms. The molecule has 3 aliphatic carbocycles. The van der Waals surface area contributed by atoms with Gasteiger partial charge in [0.1, 0.15) is 17.6 Å². The van der Waals surface area contributed by atoms with E-state index in [2.05, 4.69) is 27.8 Å². The van der Waals surface area contributed by atoms with Crippen molar-refractivity contribution in [2.24, 2.45) is 29.1 Å². The van der Waals surface area contributed by atoms with E-state index < -0.39 is 64.7 Å². The average molecular weight is 577 g/mol. The minimum absolute atomic E-state index is 0.00978. The summed E-state index contributed by atoms with van der Waals surface area (Å²) < 4.78 is 5.17. The van der Waals surface area contributed by atoms with Gasteiger partial charge in [-0.3, -0.25) is 19.2 Å². The maximum absolute atomic E-state index is 13.6. The minimum Gasteiger partial charge on any atom is -0.464 e. The van der Waals surface area contributed by atoms with Gasteiger partial charge in [-0.1, -0.05) is 46.1 Å². The van der Waals surface area contributed by atoms with Crippen LogP contribution in [0.3, 0.4) is 0 Å². The highest BCUT2D eigenvalue weighted by Gasteiger charge is 2.62. The van der Waals surface area contributed by atoms with Gasteiger partial charge in [0.2, 0.25) is 23.6 Å². The number of rotatable bonds is 11. The van der Waals surface area contributed by atoms with Crippen LogP contribution in [0.15, 0.2) is 12.7 Å². The van der Waals surface area contributed by atoms with Crippen LogP contribution < -0.4 is 21.3 Å². The lowest BCUT2D eigenvalue weighted by Crippen LogP contribution is -2.60. The Balaban J connectivity index is 1.75. The molecule has 3 aliphatic rings. The second-order valence-electron chi connectivity index (χ2n) is 12.9. The molecule has 11 heteroatoms. The summed E-state index contributed by atoms with van der Waals surface area (Å²) >= 11 is 0. The van der Waals surface area contributed by atoms with Gasteiger partial charge in [0.15, 0.2) is 0 Å². The molecule has 3 rings (SSSR count). The Morgan fingerprint density at radius 3 is 2.12 bits per heavy atom. The monoisotopic (exact) mass is 576 g/mol. The van der Waals surface area contributed by atoms with Crippen molar-refractivity contribution in [3.63, 3.8) is 0 Å². The third-order valence-electron chi connectivity index (χ3n) is 8.86. The first-order valence-electron chi connectivity index (χ1n) is 14.9. The Morgan fingerprint density at radius 2 is 1.61 bits per heavy atom. The molecule has 0 aliphatic heterocycles. The zero-order valence-corrected chi connectivity index (χ0v) is 25.1. The van der Waals surface area contributed by atoms with Crippen LogP contribution in [0, 0.1) is 29.1 Å². The maximum atomic E-state index is 13.6. The third-order valence-corrected chi connectivity index (χ3v) is 8.86. The number of likely N-dealkylation sites (N-methyl/N-ethyl adjacent to an activating group) is 1. The van der Waals surface area contributed by atoms with Crippen molar-refractivity contribution in [3.8, 4) is 0 Å². The molecule has 0 aromatic rings. The molecule has 0 spiro atoms. The fourth-order valence-corrected chi connectivity index (χ4v) is 6.35. The summed E-state index contributed by atoms with van der Waals surface area (Å²) in [7, 11) is 1.54. The van der Waals surface area contributed by atoms with Crippen molar-refractivity contribution >= 4 is 29.6 Å². The van der Waals surface area contributed by atoms with Crippen molar-refractivity contribution in [2.45, 2.75) is 103 Å². The minimum atomic E-state index is -1.22. The fourth-order valence-electron chi connectivity index (χ4n) is 6.35. The van der Waals surface area contributed by atoms with E-state index in [4.69, 9.17) is 4.74 Å². The summed E-state index contributed by atoms with van der Waals surface area (Å²) in [6.45, 7) is 11.0. The molecule has 1 unspecified atom stereocenters. The van der Waals surface area contributed by atoms with Gasteiger partial charge in [0.25, 0.3) is 0 Å². The van der Waals surface area contributed by atoms with E-state index in [1.54, 1.807) is 13.0 Å². The summed E-state index contributed by atoms with van der Waals surface area (Å²) in [5, 5.41) is 21.6. The molecule has 3 fully saturated rings. The number of hydrogen-bond acceptors (Lipinski definition) is 7. The van der Waals surface area contributed by atoms with E-state index in [1.807, 2.05) is 20.8 Å².